The minimum atomic E-state index is -0.215. The molecule has 34 heavy (non-hydrogen) atoms. The van der Waals surface area contributed by atoms with E-state index >= 15 is 0 Å². The van der Waals surface area contributed by atoms with Crippen molar-refractivity contribution in [1.29, 1.82) is 0 Å². The summed E-state index contributed by atoms with van der Waals surface area (Å²) < 4.78 is 14.2. The monoisotopic (exact) mass is 459 g/mol. The van der Waals surface area contributed by atoms with Gasteiger partial charge < -0.3 is 20.2 Å². The third-order valence-electron chi connectivity index (χ3n) is 6.16. The molecule has 0 atom stereocenters. The summed E-state index contributed by atoms with van der Waals surface area (Å²) in [6.45, 7) is 9.06. The van der Waals surface area contributed by atoms with E-state index in [1.54, 1.807) is 11.8 Å². The van der Waals surface area contributed by atoms with Gasteiger partial charge in [-0.15, -0.1) is 0 Å². The first-order valence-corrected chi connectivity index (χ1v) is 11.1. The fourth-order valence-electron chi connectivity index (χ4n) is 4.22. The Labute approximate surface area is 197 Å². The average Bonchev–Trinajstić information content (AvgIpc) is 3.46. The Morgan fingerprint density at radius 1 is 1.21 bits per heavy atom. The lowest BCUT2D eigenvalue weighted by Gasteiger charge is -2.23. The number of nitrogens with two attached hydrogens (primary N) is 1. The molecule has 2 aromatic carbocycles. The lowest BCUT2D eigenvalue weighted by Crippen LogP contribution is -2.41. The maximum atomic E-state index is 13.3. The molecule has 0 spiro atoms. The molecular weight excluding hydrogens is 432 g/mol. The number of hydrazone groups is 1. The first kappa shape index (κ1) is 21.7. The molecule has 0 unspecified atom stereocenters. The number of ketones is 1. The standard InChI is InChI=1S/C25H26N6O3/c1-16-12-19(33-3)5-7-23(16)31-25(26)20(15-27-31)24(32)22-14-17-13-18(4-6-21(17)28-22)29(2)30-8-10-34-11-9-30/h4-7,12-15H,2,8-11H2,1,3H3,(H2-,26,27,28,32)/p+1. The van der Waals surface area contributed by atoms with Gasteiger partial charge in [-0.25, -0.2) is 4.68 Å². The second kappa shape index (κ2) is 8.68. The number of morpholine rings is 1. The molecule has 174 valence electrons. The van der Waals surface area contributed by atoms with Gasteiger partial charge in [0.15, 0.2) is 6.72 Å². The van der Waals surface area contributed by atoms with Crippen LogP contribution in [0, 0.1) is 6.92 Å². The third-order valence-corrected chi connectivity index (χ3v) is 6.16. The van der Waals surface area contributed by atoms with Crippen LogP contribution in [0.2, 0.25) is 0 Å². The Kier molecular flexibility index (Phi) is 5.54. The summed E-state index contributed by atoms with van der Waals surface area (Å²) in [5, 5.41) is 7.43. The predicted molar refractivity (Wildman–Crippen MR) is 130 cm³/mol. The van der Waals surface area contributed by atoms with E-state index in [4.69, 9.17) is 15.2 Å². The molecule has 9 heteroatoms. The topological polar surface area (TPSA) is 101 Å². The Balaban J connectivity index is 1.43. The molecule has 1 aliphatic rings. The number of benzene rings is 2. The number of aromatic nitrogens is 3. The molecule has 0 aliphatic carbocycles. The molecule has 5 rings (SSSR count). The molecule has 2 aromatic heterocycles. The van der Waals surface area contributed by atoms with E-state index in [0.29, 0.717) is 24.5 Å². The maximum absolute atomic E-state index is 13.3. The first-order valence-electron chi connectivity index (χ1n) is 11.1. The SMILES string of the molecule is C=[N+](c1ccc2[nH]c(C(=O)c3cnn(-c4ccc(OC)cc4C)c3N)cc2c1)N1CCOCC1. The Morgan fingerprint density at radius 3 is 2.74 bits per heavy atom. The highest BCUT2D eigenvalue weighted by Gasteiger charge is 2.23. The van der Waals surface area contributed by atoms with Crippen molar-refractivity contribution in [2.24, 2.45) is 0 Å². The number of hydrogen-bond donors (Lipinski definition) is 2. The molecule has 1 aliphatic heterocycles. The van der Waals surface area contributed by atoms with Crippen LogP contribution < -0.4 is 10.5 Å². The fourth-order valence-corrected chi connectivity index (χ4v) is 4.22. The summed E-state index contributed by atoms with van der Waals surface area (Å²) in [6, 6.07) is 13.4. The van der Waals surface area contributed by atoms with E-state index in [1.165, 1.54) is 6.20 Å². The molecule has 4 aromatic rings. The largest absolute Gasteiger partial charge is 0.497 e. The molecule has 0 bridgehead atoms. The molecular formula is C25H27N6O3+. The van der Waals surface area contributed by atoms with Gasteiger partial charge in [-0.2, -0.15) is 10.1 Å². The summed E-state index contributed by atoms with van der Waals surface area (Å²) in [7, 11) is 1.62. The zero-order valence-corrected chi connectivity index (χ0v) is 19.2. The van der Waals surface area contributed by atoms with Crippen molar-refractivity contribution in [3.63, 3.8) is 0 Å². The highest BCUT2D eigenvalue weighted by atomic mass is 16.5. The van der Waals surface area contributed by atoms with Crippen LogP contribution in [0.25, 0.3) is 16.6 Å². The van der Waals surface area contributed by atoms with Crippen LogP contribution in [-0.2, 0) is 4.74 Å². The van der Waals surface area contributed by atoms with Gasteiger partial charge >= 0.3 is 0 Å². The van der Waals surface area contributed by atoms with E-state index in [9.17, 15) is 4.79 Å². The number of carbonyl (C=O) groups is 1. The van der Waals surface area contributed by atoms with Crippen molar-refractivity contribution in [3.05, 3.63) is 65.5 Å². The van der Waals surface area contributed by atoms with Crippen LogP contribution in [0.4, 0.5) is 11.5 Å². The van der Waals surface area contributed by atoms with Crippen LogP contribution in [0.3, 0.4) is 0 Å². The van der Waals surface area contributed by atoms with Crippen LogP contribution >= 0.6 is 0 Å². The zero-order valence-electron chi connectivity index (χ0n) is 19.2. The van der Waals surface area contributed by atoms with Crippen LogP contribution in [-0.4, -0.2) is 70.4 Å². The summed E-state index contributed by atoms with van der Waals surface area (Å²) in [6.07, 6.45) is 1.51. The number of nitrogen functional groups attached to an aromatic ring is 1. The minimum Gasteiger partial charge on any atom is -0.497 e. The molecule has 0 radical (unpaired) electrons. The van der Waals surface area contributed by atoms with E-state index in [-0.39, 0.29) is 11.6 Å². The Morgan fingerprint density at radius 2 is 2.00 bits per heavy atom. The van der Waals surface area contributed by atoms with Gasteiger partial charge in [0, 0.05) is 23.0 Å². The zero-order chi connectivity index (χ0) is 23.8. The van der Waals surface area contributed by atoms with Crippen molar-refractivity contribution < 1.29 is 19.0 Å². The average molecular weight is 460 g/mol. The lowest BCUT2D eigenvalue weighted by molar-refractivity contribution is -0.621. The summed E-state index contributed by atoms with van der Waals surface area (Å²) in [4.78, 5) is 16.5. The number of anilines is 1. The minimum absolute atomic E-state index is 0.215. The summed E-state index contributed by atoms with van der Waals surface area (Å²) in [5.74, 6) is 0.816. The number of rotatable bonds is 6. The Bertz CT molecular complexity index is 1400. The van der Waals surface area contributed by atoms with Gasteiger partial charge in [-0.05, 0) is 42.8 Å². The number of aromatic amines is 1. The van der Waals surface area contributed by atoms with E-state index in [1.807, 2.05) is 54.1 Å². The predicted octanol–water partition coefficient (Wildman–Crippen LogP) is 3.08. The number of ether oxygens (including phenoxy) is 2. The van der Waals surface area contributed by atoms with Crippen molar-refractivity contribution in [2.75, 3.05) is 39.1 Å². The fraction of sp³-hybridized carbons (Fsp3) is 0.240. The highest BCUT2D eigenvalue weighted by Crippen LogP contribution is 2.27. The van der Waals surface area contributed by atoms with E-state index < -0.39 is 0 Å². The second-order valence-electron chi connectivity index (χ2n) is 8.26. The van der Waals surface area contributed by atoms with Crippen molar-refractivity contribution >= 4 is 34.9 Å². The molecule has 3 N–H and O–H groups in total. The van der Waals surface area contributed by atoms with Gasteiger partial charge in [0.25, 0.3) is 0 Å². The van der Waals surface area contributed by atoms with Crippen LogP contribution in [0.15, 0.2) is 48.7 Å². The van der Waals surface area contributed by atoms with Gasteiger partial charge in [0.05, 0.1) is 56.6 Å². The van der Waals surface area contributed by atoms with E-state index in [0.717, 1.165) is 46.7 Å². The quantitative estimate of drug-likeness (QED) is 0.261. The smallest absolute Gasteiger partial charge is 0.235 e. The first-order chi connectivity index (χ1) is 16.5. The summed E-state index contributed by atoms with van der Waals surface area (Å²) >= 11 is 0. The van der Waals surface area contributed by atoms with Crippen molar-refractivity contribution in [1.82, 2.24) is 19.8 Å². The number of H-pyrrole nitrogens is 1. The molecule has 9 nitrogen and oxygen atoms in total. The van der Waals surface area contributed by atoms with Crippen LogP contribution in [0.1, 0.15) is 21.6 Å². The number of carbonyl (C=O) groups excluding carboxylic acids is 1. The number of nitrogens with zero attached hydrogens (tertiary/aromatic N) is 4. The number of hydrazine groups is 1. The van der Waals surface area contributed by atoms with Gasteiger partial charge in [0.2, 0.25) is 11.5 Å². The van der Waals surface area contributed by atoms with Crippen molar-refractivity contribution in [2.45, 2.75) is 6.92 Å². The van der Waals surface area contributed by atoms with Gasteiger partial charge in [-0.3, -0.25) is 4.79 Å². The number of aryl methyl sites for hydroxylation is 1. The normalized spacial score (nSPS) is 13.9. The highest BCUT2D eigenvalue weighted by molar-refractivity contribution is 6.12. The molecule has 1 saturated heterocycles. The van der Waals surface area contributed by atoms with Crippen LogP contribution in [0.5, 0.6) is 5.75 Å². The van der Waals surface area contributed by atoms with Gasteiger partial charge in [-0.1, -0.05) is 4.68 Å². The molecule has 3 heterocycles. The number of nitrogens with one attached hydrogen (secondary N) is 1. The maximum Gasteiger partial charge on any atom is 0.235 e. The second-order valence-corrected chi connectivity index (χ2v) is 8.26. The van der Waals surface area contributed by atoms with Crippen molar-refractivity contribution in [3.8, 4) is 11.4 Å². The number of hydrogen-bond acceptors (Lipinski definition) is 6. The molecule has 0 saturated carbocycles. The van der Waals surface area contributed by atoms with Gasteiger partial charge in [0.1, 0.15) is 11.6 Å². The number of methoxy groups -OCH3 is 1. The third kappa shape index (κ3) is 3.80. The Hall–Kier alpha value is -4.11. The summed E-state index contributed by atoms with van der Waals surface area (Å²) in [5.41, 5.74) is 10.7. The molecule has 0 amide bonds. The molecule has 1 fully saturated rings. The van der Waals surface area contributed by atoms with E-state index in [2.05, 4.69) is 21.8 Å². The lowest BCUT2D eigenvalue weighted by atomic mass is 10.1. The number of fused-ring (bicyclic) bond motifs is 1.